The van der Waals surface area contributed by atoms with Gasteiger partial charge in [0.25, 0.3) is 15.1 Å². The van der Waals surface area contributed by atoms with Crippen LogP contribution >= 0.6 is 0 Å². The summed E-state index contributed by atoms with van der Waals surface area (Å²) in [6.07, 6.45) is 9.46. The molecule has 0 saturated carbocycles. The molecule has 162 valence electrons. The number of fused-ring (bicyclic) bond motifs is 2. The molecule has 1 aromatic rings. The summed E-state index contributed by atoms with van der Waals surface area (Å²) in [5.74, 6) is 1.54. The summed E-state index contributed by atoms with van der Waals surface area (Å²) < 4.78 is 39.8. The highest BCUT2D eigenvalue weighted by atomic mass is 32.2. The zero-order chi connectivity index (χ0) is 20.0. The van der Waals surface area contributed by atoms with E-state index in [9.17, 15) is 8.42 Å². The van der Waals surface area contributed by atoms with Crippen molar-refractivity contribution in [3.05, 3.63) is 12.1 Å². The van der Waals surface area contributed by atoms with E-state index in [0.717, 1.165) is 57.5 Å². The molecule has 5 heterocycles. The summed E-state index contributed by atoms with van der Waals surface area (Å²) >= 11 is 0. The van der Waals surface area contributed by atoms with Crippen LogP contribution < -0.4 is 0 Å². The fourth-order valence-electron chi connectivity index (χ4n) is 5.82. The minimum atomic E-state index is -3.62. The maximum absolute atomic E-state index is 13.4. The first-order valence-corrected chi connectivity index (χ1v) is 12.8. The first kappa shape index (κ1) is 20.0. The van der Waals surface area contributed by atoms with E-state index in [1.807, 2.05) is 0 Å². The van der Waals surface area contributed by atoms with Crippen LogP contribution in [0.3, 0.4) is 0 Å². The normalized spacial score (nSPS) is 33.3. The molecule has 29 heavy (non-hydrogen) atoms. The van der Waals surface area contributed by atoms with E-state index in [0.29, 0.717) is 25.1 Å². The van der Waals surface area contributed by atoms with Crippen LogP contribution in [0, 0.1) is 5.92 Å². The topological polar surface area (TPSA) is 75.9 Å². The highest BCUT2D eigenvalue weighted by Crippen LogP contribution is 2.42. The first-order chi connectivity index (χ1) is 14.0. The molecule has 4 aliphatic rings. The summed E-state index contributed by atoms with van der Waals surface area (Å²) in [4.78, 5) is 6.95. The van der Waals surface area contributed by atoms with Gasteiger partial charge in [-0.25, -0.2) is 13.4 Å². The molecule has 0 N–H and O–H groups in total. The molecule has 7 nitrogen and oxygen atoms in total. The van der Waals surface area contributed by atoms with Crippen molar-refractivity contribution in [1.29, 1.82) is 0 Å². The van der Waals surface area contributed by atoms with E-state index in [-0.39, 0.29) is 23.1 Å². The minimum absolute atomic E-state index is 0.0288. The molecule has 0 amide bonds. The Morgan fingerprint density at radius 2 is 1.62 bits per heavy atom. The third-order valence-corrected chi connectivity index (χ3v) is 9.43. The van der Waals surface area contributed by atoms with Crippen molar-refractivity contribution in [1.82, 2.24) is 14.2 Å². The van der Waals surface area contributed by atoms with E-state index >= 15 is 0 Å². The van der Waals surface area contributed by atoms with Crippen molar-refractivity contribution in [2.75, 3.05) is 26.3 Å². The van der Waals surface area contributed by atoms with Crippen LogP contribution in [0.5, 0.6) is 0 Å². The fraction of sp³-hybridized carbons (Fsp3) is 0.857. The zero-order valence-electron chi connectivity index (χ0n) is 17.3. The molecule has 0 radical (unpaired) electrons. The summed E-state index contributed by atoms with van der Waals surface area (Å²) in [5, 5.41) is 0.0288. The third kappa shape index (κ3) is 3.77. The Hall–Kier alpha value is -0.960. The number of nitrogens with zero attached hydrogens (tertiary/aromatic N) is 3. The number of hydrogen-bond acceptors (Lipinski definition) is 6. The first-order valence-electron chi connectivity index (χ1n) is 11.3. The number of ether oxygens (including phenoxy) is 1. The molecule has 0 aliphatic carbocycles. The highest BCUT2D eigenvalue weighted by molar-refractivity contribution is 7.89. The van der Waals surface area contributed by atoms with E-state index in [1.165, 1.54) is 19.0 Å². The molecule has 5 rings (SSSR count). The Labute approximate surface area is 173 Å². The van der Waals surface area contributed by atoms with Gasteiger partial charge in [0.15, 0.2) is 5.89 Å². The number of hydrogen-bond donors (Lipinski definition) is 0. The van der Waals surface area contributed by atoms with Gasteiger partial charge >= 0.3 is 0 Å². The quantitative estimate of drug-likeness (QED) is 0.741. The number of rotatable bonds is 4. The number of piperidine rings is 2. The van der Waals surface area contributed by atoms with Gasteiger partial charge in [-0.05, 0) is 70.4 Å². The minimum Gasteiger partial charge on any atom is -0.428 e. The lowest BCUT2D eigenvalue weighted by Gasteiger charge is -2.44. The molecule has 4 aliphatic heterocycles. The molecule has 4 fully saturated rings. The Balaban J connectivity index is 1.30. The van der Waals surface area contributed by atoms with Gasteiger partial charge in [-0.3, -0.25) is 0 Å². The Kier molecular flexibility index (Phi) is 5.47. The Morgan fingerprint density at radius 1 is 0.966 bits per heavy atom. The smallest absolute Gasteiger partial charge is 0.278 e. The molecule has 2 unspecified atom stereocenters. The van der Waals surface area contributed by atoms with Crippen LogP contribution in [0.2, 0.25) is 0 Å². The summed E-state index contributed by atoms with van der Waals surface area (Å²) in [7, 11) is -3.62. The van der Waals surface area contributed by atoms with Crippen LogP contribution in [-0.4, -0.2) is 67.0 Å². The van der Waals surface area contributed by atoms with Gasteiger partial charge in [0, 0.05) is 37.3 Å². The third-order valence-electron chi connectivity index (χ3n) is 7.58. The molecule has 2 atom stereocenters. The number of oxazole rings is 1. The Bertz CT molecular complexity index is 798. The standard InChI is InChI=1S/C21H33N3O4S/c1-15-4-8-23(9-5-15)19-12-17-2-3-18(13-19)24(17)29(25,26)20-14-22-21(28-20)16-6-10-27-11-7-16/h14-19H,2-13H2,1H3. The largest absolute Gasteiger partial charge is 0.428 e. The van der Waals surface area contributed by atoms with Gasteiger partial charge in [0.1, 0.15) is 0 Å². The van der Waals surface area contributed by atoms with Crippen LogP contribution in [-0.2, 0) is 14.8 Å². The van der Waals surface area contributed by atoms with Crippen molar-refractivity contribution in [2.45, 2.75) is 87.4 Å². The molecule has 1 aromatic heterocycles. The zero-order valence-corrected chi connectivity index (χ0v) is 18.1. The van der Waals surface area contributed by atoms with Crippen molar-refractivity contribution < 1.29 is 17.6 Å². The molecule has 0 aromatic carbocycles. The second kappa shape index (κ2) is 7.94. The van der Waals surface area contributed by atoms with Gasteiger partial charge < -0.3 is 14.1 Å². The summed E-state index contributed by atoms with van der Waals surface area (Å²) in [6.45, 7) is 6.02. The van der Waals surface area contributed by atoms with Crippen molar-refractivity contribution >= 4 is 10.0 Å². The van der Waals surface area contributed by atoms with Crippen molar-refractivity contribution in [3.63, 3.8) is 0 Å². The number of aromatic nitrogens is 1. The monoisotopic (exact) mass is 423 g/mol. The maximum atomic E-state index is 13.4. The van der Waals surface area contributed by atoms with Gasteiger partial charge in [-0.2, -0.15) is 4.31 Å². The van der Waals surface area contributed by atoms with Gasteiger partial charge in [0.05, 0.1) is 6.20 Å². The predicted molar refractivity (Wildman–Crippen MR) is 108 cm³/mol. The molecular weight excluding hydrogens is 390 g/mol. The van der Waals surface area contributed by atoms with E-state index < -0.39 is 10.0 Å². The fourth-order valence-corrected chi connectivity index (χ4v) is 7.57. The van der Waals surface area contributed by atoms with Gasteiger partial charge in [0.2, 0.25) is 0 Å². The van der Waals surface area contributed by atoms with Crippen LogP contribution in [0.1, 0.15) is 70.1 Å². The average Bonchev–Trinajstić information content (AvgIpc) is 3.33. The lowest BCUT2D eigenvalue weighted by atomic mass is 9.93. The SMILES string of the molecule is CC1CCN(C2CC3CCC(C2)N3S(=O)(=O)c2cnc(C3CCOCC3)o2)CC1. The number of sulfonamides is 1. The number of likely N-dealkylation sites (tertiary alicyclic amines) is 1. The lowest BCUT2D eigenvalue weighted by molar-refractivity contribution is 0.0744. The summed E-state index contributed by atoms with van der Waals surface area (Å²) in [6, 6.07) is 0.721. The lowest BCUT2D eigenvalue weighted by Crippen LogP contribution is -2.53. The van der Waals surface area contributed by atoms with E-state index in [1.54, 1.807) is 4.31 Å². The van der Waals surface area contributed by atoms with Crippen LogP contribution in [0.25, 0.3) is 0 Å². The van der Waals surface area contributed by atoms with E-state index in [2.05, 4.69) is 16.8 Å². The molecule has 4 saturated heterocycles. The second-order valence-corrected chi connectivity index (χ2v) is 11.2. The Morgan fingerprint density at radius 3 is 2.28 bits per heavy atom. The van der Waals surface area contributed by atoms with Crippen molar-refractivity contribution in [3.8, 4) is 0 Å². The molecule has 8 heteroatoms. The molecule has 0 spiro atoms. The van der Waals surface area contributed by atoms with Crippen LogP contribution in [0.15, 0.2) is 15.7 Å². The summed E-state index contributed by atoms with van der Waals surface area (Å²) in [5.41, 5.74) is 0. The highest BCUT2D eigenvalue weighted by Gasteiger charge is 2.49. The van der Waals surface area contributed by atoms with Gasteiger partial charge in [-0.15, -0.1) is 0 Å². The second-order valence-electron chi connectivity index (χ2n) is 9.47. The predicted octanol–water partition coefficient (Wildman–Crippen LogP) is 2.98. The molecular formula is C21H33N3O4S. The maximum Gasteiger partial charge on any atom is 0.278 e. The van der Waals surface area contributed by atoms with Crippen molar-refractivity contribution in [2.24, 2.45) is 5.92 Å². The average molecular weight is 424 g/mol. The molecule has 2 bridgehead atoms. The van der Waals surface area contributed by atoms with E-state index in [4.69, 9.17) is 9.15 Å². The van der Waals surface area contributed by atoms with Crippen LogP contribution in [0.4, 0.5) is 0 Å². The van der Waals surface area contributed by atoms with Gasteiger partial charge in [-0.1, -0.05) is 6.92 Å².